The van der Waals surface area contributed by atoms with Crippen LogP contribution in [0.1, 0.15) is 31.8 Å². The number of benzene rings is 10. The van der Waals surface area contributed by atoms with Gasteiger partial charge in [-0.05, 0) is 118 Å². The molecule has 0 N–H and O–H groups in total. The first-order valence-corrected chi connectivity index (χ1v) is 19.9. The van der Waals surface area contributed by atoms with E-state index in [1.165, 1.54) is 22.3 Å². The van der Waals surface area contributed by atoms with Gasteiger partial charge in [0, 0.05) is 21.8 Å². The summed E-state index contributed by atoms with van der Waals surface area (Å²) >= 11 is 0. The summed E-state index contributed by atoms with van der Waals surface area (Å²) in [7, 11) is 0. The lowest BCUT2D eigenvalue weighted by Gasteiger charge is -2.22. The zero-order valence-electron chi connectivity index (χ0n) is 37.0. The van der Waals surface area contributed by atoms with Gasteiger partial charge in [-0.1, -0.05) is 184 Å². The van der Waals surface area contributed by atoms with Crippen molar-refractivity contribution in [2.75, 3.05) is 0 Å². The van der Waals surface area contributed by atoms with Crippen molar-refractivity contribution in [2.45, 2.75) is 19.3 Å². The van der Waals surface area contributed by atoms with E-state index in [-0.39, 0.29) is 35.1 Å². The first-order valence-electron chi connectivity index (χ1n) is 22.4. The summed E-state index contributed by atoms with van der Waals surface area (Å²) in [5.41, 5.74) is 14.1. The number of fused-ring (bicyclic) bond motifs is 9. The molecule has 0 fully saturated rings. The summed E-state index contributed by atoms with van der Waals surface area (Å²) in [5.74, 6) is 0. The minimum atomic E-state index is -0.403. The van der Waals surface area contributed by atoms with Crippen molar-refractivity contribution in [1.82, 2.24) is 0 Å². The van der Waals surface area contributed by atoms with Crippen LogP contribution in [0.4, 0.5) is 0 Å². The molecule has 0 amide bonds. The molecular weight excluding hydrogens is 701 g/mol. The maximum Gasteiger partial charge on any atom is 0.136 e. The number of hydrogen-bond acceptors (Lipinski definition) is 1. The third kappa shape index (κ3) is 4.65. The highest BCUT2D eigenvalue weighted by molar-refractivity contribution is 6.25. The van der Waals surface area contributed by atoms with E-state index in [0.717, 1.165) is 87.6 Å². The van der Waals surface area contributed by atoms with Gasteiger partial charge < -0.3 is 4.42 Å². The molecule has 1 aromatic heterocycles. The fourth-order valence-electron chi connectivity index (χ4n) is 10.0. The molecule has 1 heterocycles. The summed E-state index contributed by atoms with van der Waals surface area (Å²) in [4.78, 5) is 0. The Morgan fingerprint density at radius 3 is 1.66 bits per heavy atom. The van der Waals surface area contributed by atoms with E-state index < -0.39 is 6.04 Å². The van der Waals surface area contributed by atoms with Crippen LogP contribution in [0.5, 0.6) is 0 Å². The molecule has 1 aliphatic carbocycles. The van der Waals surface area contributed by atoms with E-state index >= 15 is 0 Å². The van der Waals surface area contributed by atoms with Crippen molar-refractivity contribution in [1.29, 1.82) is 0 Å². The van der Waals surface area contributed by atoms with Crippen LogP contribution in [0.15, 0.2) is 198 Å². The summed E-state index contributed by atoms with van der Waals surface area (Å²) in [5, 5.41) is 7.84. The average Bonchev–Trinajstić information content (AvgIpc) is 3.81. The molecule has 1 heteroatoms. The highest BCUT2D eigenvalue weighted by atomic mass is 16.3. The molecule has 0 aliphatic heterocycles. The maximum atomic E-state index is 9.03. The van der Waals surface area contributed by atoms with Gasteiger partial charge in [0.05, 0.1) is 6.85 Å². The summed E-state index contributed by atoms with van der Waals surface area (Å²) in [6, 6.07) is 56.1. The van der Waals surface area contributed by atoms with Crippen LogP contribution in [0.3, 0.4) is 0 Å². The molecule has 10 aromatic carbocycles. The SMILES string of the molecule is [2H]c1c([2H])c([2H])c(-c2c3ccccc3c(-c3ccc(-c4ccc5oc6ccccc6c5c4-c4ccc5c(c4)-c4ccccc4C5(C)C)c4ccccc34)c3ccccc23)c([2H])c1[2H]. The molecule has 58 heavy (non-hydrogen) atoms. The third-order valence-corrected chi connectivity index (χ3v) is 12.6. The van der Waals surface area contributed by atoms with Gasteiger partial charge in [0.25, 0.3) is 0 Å². The van der Waals surface area contributed by atoms with E-state index in [1.54, 1.807) is 0 Å². The minimum Gasteiger partial charge on any atom is -0.456 e. The molecular formula is C57H38O. The van der Waals surface area contributed by atoms with Crippen LogP contribution in [-0.4, -0.2) is 0 Å². The number of hydrogen-bond donors (Lipinski definition) is 0. The number of rotatable bonds is 4. The highest BCUT2D eigenvalue weighted by Crippen LogP contribution is 2.52. The smallest absolute Gasteiger partial charge is 0.136 e. The van der Waals surface area contributed by atoms with E-state index in [9.17, 15) is 0 Å². The topological polar surface area (TPSA) is 13.1 Å². The van der Waals surface area contributed by atoms with Gasteiger partial charge in [0.1, 0.15) is 11.2 Å². The van der Waals surface area contributed by atoms with Gasteiger partial charge in [-0.15, -0.1) is 0 Å². The van der Waals surface area contributed by atoms with E-state index in [4.69, 9.17) is 11.3 Å². The Bertz CT molecular complexity index is 3700. The maximum absolute atomic E-state index is 9.03. The quantitative estimate of drug-likeness (QED) is 0.164. The van der Waals surface area contributed by atoms with Crippen molar-refractivity contribution in [3.05, 3.63) is 205 Å². The van der Waals surface area contributed by atoms with Gasteiger partial charge in [-0.3, -0.25) is 0 Å². The van der Waals surface area contributed by atoms with Crippen molar-refractivity contribution < 1.29 is 11.3 Å². The van der Waals surface area contributed by atoms with E-state index in [2.05, 4.69) is 129 Å². The Morgan fingerprint density at radius 2 is 0.931 bits per heavy atom. The lowest BCUT2D eigenvalue weighted by molar-refractivity contribution is 0.660. The monoisotopic (exact) mass is 743 g/mol. The predicted molar refractivity (Wildman–Crippen MR) is 246 cm³/mol. The third-order valence-electron chi connectivity index (χ3n) is 12.6. The van der Waals surface area contributed by atoms with Gasteiger partial charge in [0.2, 0.25) is 0 Å². The fraction of sp³-hybridized carbons (Fsp3) is 0.0526. The van der Waals surface area contributed by atoms with Crippen LogP contribution < -0.4 is 0 Å². The average molecular weight is 744 g/mol. The van der Waals surface area contributed by atoms with Crippen LogP contribution in [-0.2, 0) is 5.41 Å². The molecule has 0 spiro atoms. The summed E-state index contributed by atoms with van der Waals surface area (Å²) < 4.78 is 50.1. The van der Waals surface area contributed by atoms with E-state index in [1.807, 2.05) is 48.5 Å². The molecule has 1 nitrogen and oxygen atoms in total. The molecule has 0 saturated heterocycles. The van der Waals surface area contributed by atoms with Crippen molar-refractivity contribution in [3.8, 4) is 55.6 Å². The second-order valence-corrected chi connectivity index (χ2v) is 15.9. The Balaban J connectivity index is 1.15. The second kappa shape index (κ2) is 12.4. The zero-order chi connectivity index (χ0) is 42.9. The van der Waals surface area contributed by atoms with Gasteiger partial charge in [-0.2, -0.15) is 0 Å². The van der Waals surface area contributed by atoms with Crippen LogP contribution in [0, 0.1) is 0 Å². The Hall–Kier alpha value is -7.22. The predicted octanol–water partition coefficient (Wildman–Crippen LogP) is 16.0. The minimum absolute atomic E-state index is 0.116. The van der Waals surface area contributed by atoms with Crippen LogP contribution in [0.2, 0.25) is 0 Å². The standard InChI is InChI=1S/C57H38O/c1-57(2)49-26-14-12-20-40(49)48-34-36(28-32-50(48)57)54-45(31-33-52-56(54)47-25-13-15-27-51(47)58-52)39-29-30-46(38-19-7-6-18-37(38)39)55-43-23-10-8-21-41(43)53(35-16-4-3-5-17-35)42-22-9-11-24-44(42)55/h3-34H,1-2H3/i3D,4D,5D,16D,17D. The second-order valence-electron chi connectivity index (χ2n) is 15.9. The van der Waals surface area contributed by atoms with Crippen molar-refractivity contribution in [3.63, 3.8) is 0 Å². The van der Waals surface area contributed by atoms with Crippen LogP contribution in [0.25, 0.3) is 110 Å². The molecule has 1 aliphatic rings. The van der Waals surface area contributed by atoms with Crippen molar-refractivity contribution in [2.24, 2.45) is 0 Å². The Labute approximate surface area is 344 Å². The summed E-state index contributed by atoms with van der Waals surface area (Å²) in [6.45, 7) is 4.63. The summed E-state index contributed by atoms with van der Waals surface area (Å²) in [6.07, 6.45) is 0. The molecule has 272 valence electrons. The molecule has 12 rings (SSSR count). The highest BCUT2D eigenvalue weighted by Gasteiger charge is 2.35. The normalized spacial score (nSPS) is 14.3. The van der Waals surface area contributed by atoms with Crippen LogP contribution >= 0.6 is 0 Å². The molecule has 0 bridgehead atoms. The molecule has 0 radical (unpaired) electrons. The van der Waals surface area contributed by atoms with E-state index in [0.29, 0.717) is 5.56 Å². The Morgan fingerprint density at radius 1 is 0.379 bits per heavy atom. The van der Waals surface area contributed by atoms with Crippen molar-refractivity contribution >= 4 is 54.3 Å². The lowest BCUT2D eigenvalue weighted by atomic mass is 9.81. The zero-order valence-corrected chi connectivity index (χ0v) is 32.0. The van der Waals surface area contributed by atoms with Gasteiger partial charge >= 0.3 is 0 Å². The first kappa shape index (κ1) is 28.2. The molecule has 0 unspecified atom stereocenters. The fourth-order valence-corrected chi connectivity index (χ4v) is 10.0. The van der Waals surface area contributed by atoms with Gasteiger partial charge in [0.15, 0.2) is 0 Å². The number of para-hydroxylation sites is 1. The molecule has 0 atom stereocenters. The largest absolute Gasteiger partial charge is 0.456 e. The van der Waals surface area contributed by atoms with Gasteiger partial charge in [-0.25, -0.2) is 0 Å². The first-order chi connectivity index (χ1) is 30.6. The lowest BCUT2D eigenvalue weighted by Crippen LogP contribution is -2.14. The Kier molecular flexibility index (Phi) is 6.03. The number of furan rings is 1. The molecule has 0 saturated carbocycles. The molecule has 11 aromatic rings.